The van der Waals surface area contributed by atoms with Gasteiger partial charge in [0.1, 0.15) is 10.7 Å². The average Bonchev–Trinajstić information content (AvgIpc) is 3.08. The second kappa shape index (κ2) is 6.23. The Balaban J connectivity index is 1.41. The number of fused-ring (bicyclic) bond motifs is 1. The molecule has 2 aromatic rings. The fourth-order valence-electron chi connectivity index (χ4n) is 3.53. The summed E-state index contributed by atoms with van der Waals surface area (Å²) >= 11 is 0. The van der Waals surface area contributed by atoms with E-state index in [9.17, 15) is 8.42 Å². The number of hydrogen-bond donors (Lipinski definition) is 2. The SMILES string of the molecule is O=S1(=O)NC(C2CCN(Cc3ccco3)CC2)Nc2ccccc21. The number of benzene rings is 1. The summed E-state index contributed by atoms with van der Waals surface area (Å²) in [6.07, 6.45) is 3.35. The number of para-hydroxylation sites is 1. The number of likely N-dealkylation sites (tertiary alicyclic amines) is 1. The molecule has 4 rings (SSSR count). The van der Waals surface area contributed by atoms with Crippen LogP contribution in [0.1, 0.15) is 18.6 Å². The monoisotopic (exact) mass is 347 g/mol. The van der Waals surface area contributed by atoms with Gasteiger partial charge in [-0.2, -0.15) is 4.72 Å². The van der Waals surface area contributed by atoms with Crippen molar-refractivity contribution in [2.45, 2.75) is 30.4 Å². The highest BCUT2D eigenvalue weighted by Crippen LogP contribution is 2.30. The summed E-state index contributed by atoms with van der Waals surface area (Å²) in [5.74, 6) is 1.25. The zero-order chi connectivity index (χ0) is 16.6. The minimum atomic E-state index is -3.44. The molecule has 2 aliphatic heterocycles. The third-order valence-corrected chi connectivity index (χ3v) is 6.33. The number of nitrogens with one attached hydrogen (secondary N) is 2. The molecule has 1 atom stereocenters. The predicted molar refractivity (Wildman–Crippen MR) is 90.9 cm³/mol. The largest absolute Gasteiger partial charge is 0.468 e. The zero-order valence-corrected chi connectivity index (χ0v) is 14.1. The van der Waals surface area contributed by atoms with Gasteiger partial charge < -0.3 is 9.73 Å². The lowest BCUT2D eigenvalue weighted by atomic mass is 9.93. The third-order valence-electron chi connectivity index (χ3n) is 4.83. The molecule has 3 heterocycles. The molecule has 1 aromatic heterocycles. The topological polar surface area (TPSA) is 74.6 Å². The molecule has 0 amide bonds. The molecular formula is C17H21N3O3S. The van der Waals surface area contributed by atoms with Crippen LogP contribution in [-0.2, 0) is 16.6 Å². The predicted octanol–water partition coefficient (Wildman–Crippen LogP) is 2.22. The summed E-state index contributed by atoms with van der Waals surface area (Å²) in [4.78, 5) is 2.68. The number of rotatable bonds is 3. The van der Waals surface area contributed by atoms with Crippen LogP contribution in [0.25, 0.3) is 0 Å². The lowest BCUT2D eigenvalue weighted by Gasteiger charge is -2.38. The van der Waals surface area contributed by atoms with E-state index in [2.05, 4.69) is 14.9 Å². The Bertz CT molecular complexity index is 796. The van der Waals surface area contributed by atoms with Gasteiger partial charge in [-0.3, -0.25) is 4.90 Å². The first-order valence-corrected chi connectivity index (χ1v) is 9.73. The first kappa shape index (κ1) is 15.7. The van der Waals surface area contributed by atoms with E-state index in [1.807, 2.05) is 24.3 Å². The van der Waals surface area contributed by atoms with Gasteiger partial charge in [-0.05, 0) is 56.1 Å². The Labute approximate surface area is 141 Å². The third kappa shape index (κ3) is 3.07. The Kier molecular flexibility index (Phi) is 4.07. The van der Waals surface area contributed by atoms with Crippen LogP contribution in [0.3, 0.4) is 0 Å². The van der Waals surface area contributed by atoms with E-state index in [0.29, 0.717) is 10.6 Å². The molecule has 24 heavy (non-hydrogen) atoms. The first-order chi connectivity index (χ1) is 11.6. The Hall–Kier alpha value is -1.83. The van der Waals surface area contributed by atoms with Crippen LogP contribution in [0, 0.1) is 5.92 Å². The molecule has 0 saturated carbocycles. The maximum Gasteiger partial charge on any atom is 0.244 e. The standard InChI is InChI=1S/C17H21N3O3S/c21-24(22)16-6-2-1-5-15(16)18-17(19-24)13-7-9-20(10-8-13)12-14-4-3-11-23-14/h1-6,11,13,17-19H,7-10,12H2. The number of anilines is 1. The van der Waals surface area contributed by atoms with Crippen molar-refractivity contribution >= 4 is 15.7 Å². The van der Waals surface area contributed by atoms with E-state index in [1.54, 1.807) is 18.4 Å². The molecule has 1 aromatic carbocycles. The highest BCUT2D eigenvalue weighted by Gasteiger charge is 2.35. The van der Waals surface area contributed by atoms with E-state index in [4.69, 9.17) is 4.42 Å². The van der Waals surface area contributed by atoms with Gasteiger partial charge >= 0.3 is 0 Å². The average molecular weight is 347 g/mol. The number of sulfonamides is 1. The Morgan fingerprint density at radius 3 is 2.67 bits per heavy atom. The number of piperidine rings is 1. The Morgan fingerprint density at radius 1 is 1.12 bits per heavy atom. The van der Waals surface area contributed by atoms with Crippen molar-refractivity contribution in [3.8, 4) is 0 Å². The molecule has 1 fully saturated rings. The van der Waals surface area contributed by atoms with Crippen LogP contribution in [-0.4, -0.2) is 32.6 Å². The van der Waals surface area contributed by atoms with Crippen molar-refractivity contribution in [1.82, 2.24) is 9.62 Å². The molecule has 0 aliphatic carbocycles. The lowest BCUT2D eigenvalue weighted by molar-refractivity contribution is 0.154. The summed E-state index contributed by atoms with van der Waals surface area (Å²) in [7, 11) is -3.44. The van der Waals surface area contributed by atoms with E-state index in [-0.39, 0.29) is 12.1 Å². The van der Waals surface area contributed by atoms with Gasteiger partial charge in [0, 0.05) is 0 Å². The highest BCUT2D eigenvalue weighted by molar-refractivity contribution is 7.89. The van der Waals surface area contributed by atoms with Crippen LogP contribution in [0.2, 0.25) is 0 Å². The molecule has 7 heteroatoms. The summed E-state index contributed by atoms with van der Waals surface area (Å²) in [6, 6.07) is 10.9. The molecule has 1 unspecified atom stereocenters. The molecule has 2 aliphatic rings. The van der Waals surface area contributed by atoms with Gasteiger partial charge in [0.2, 0.25) is 10.0 Å². The van der Waals surface area contributed by atoms with E-state index in [1.165, 1.54) is 0 Å². The zero-order valence-electron chi connectivity index (χ0n) is 13.3. The van der Waals surface area contributed by atoms with Crippen LogP contribution in [0.5, 0.6) is 0 Å². The fraction of sp³-hybridized carbons (Fsp3) is 0.412. The number of nitrogens with zero attached hydrogens (tertiary/aromatic N) is 1. The normalized spacial score (nSPS) is 24.2. The van der Waals surface area contributed by atoms with Crippen molar-refractivity contribution in [3.05, 3.63) is 48.4 Å². The van der Waals surface area contributed by atoms with Crippen molar-refractivity contribution in [3.63, 3.8) is 0 Å². The summed E-state index contributed by atoms with van der Waals surface area (Å²) in [5, 5.41) is 3.36. The van der Waals surface area contributed by atoms with E-state index in [0.717, 1.165) is 38.2 Å². The van der Waals surface area contributed by atoms with Crippen molar-refractivity contribution in [2.75, 3.05) is 18.4 Å². The minimum Gasteiger partial charge on any atom is -0.468 e. The van der Waals surface area contributed by atoms with Gasteiger partial charge in [0.05, 0.1) is 24.7 Å². The summed E-state index contributed by atoms with van der Waals surface area (Å²) in [5.41, 5.74) is 0.694. The summed E-state index contributed by atoms with van der Waals surface area (Å²) in [6.45, 7) is 2.69. The van der Waals surface area contributed by atoms with Crippen LogP contribution in [0.15, 0.2) is 52.0 Å². The maximum absolute atomic E-state index is 12.4. The smallest absolute Gasteiger partial charge is 0.244 e. The van der Waals surface area contributed by atoms with E-state index >= 15 is 0 Å². The first-order valence-electron chi connectivity index (χ1n) is 8.24. The lowest BCUT2D eigenvalue weighted by Crippen LogP contribution is -2.51. The maximum atomic E-state index is 12.4. The van der Waals surface area contributed by atoms with Gasteiger partial charge in [-0.1, -0.05) is 12.1 Å². The van der Waals surface area contributed by atoms with Crippen molar-refractivity contribution in [1.29, 1.82) is 0 Å². The van der Waals surface area contributed by atoms with Crippen LogP contribution >= 0.6 is 0 Å². The van der Waals surface area contributed by atoms with E-state index < -0.39 is 10.0 Å². The number of hydrogen-bond acceptors (Lipinski definition) is 5. The molecular weight excluding hydrogens is 326 g/mol. The Morgan fingerprint density at radius 2 is 1.92 bits per heavy atom. The van der Waals surface area contributed by atoms with Crippen LogP contribution < -0.4 is 10.0 Å². The van der Waals surface area contributed by atoms with Crippen molar-refractivity contribution < 1.29 is 12.8 Å². The molecule has 0 radical (unpaired) electrons. The van der Waals surface area contributed by atoms with Gasteiger partial charge in [-0.25, -0.2) is 8.42 Å². The molecule has 0 spiro atoms. The highest BCUT2D eigenvalue weighted by atomic mass is 32.2. The molecule has 1 saturated heterocycles. The summed E-state index contributed by atoms with van der Waals surface area (Å²) < 4.78 is 33.1. The molecule has 6 nitrogen and oxygen atoms in total. The second-order valence-electron chi connectivity index (χ2n) is 6.43. The fourth-order valence-corrected chi connectivity index (χ4v) is 4.92. The van der Waals surface area contributed by atoms with Crippen molar-refractivity contribution in [2.24, 2.45) is 5.92 Å². The quantitative estimate of drug-likeness (QED) is 0.890. The molecule has 128 valence electrons. The minimum absolute atomic E-state index is 0.240. The van der Waals surface area contributed by atoms with Gasteiger partial charge in [0.25, 0.3) is 0 Å². The van der Waals surface area contributed by atoms with Gasteiger partial charge in [0.15, 0.2) is 0 Å². The molecule has 2 N–H and O–H groups in total. The second-order valence-corrected chi connectivity index (χ2v) is 8.11. The number of furan rings is 1. The van der Waals surface area contributed by atoms with Gasteiger partial charge in [-0.15, -0.1) is 0 Å². The van der Waals surface area contributed by atoms with Crippen LogP contribution in [0.4, 0.5) is 5.69 Å². The molecule has 0 bridgehead atoms.